The third-order valence-electron chi connectivity index (χ3n) is 15.8. The van der Waals surface area contributed by atoms with E-state index in [9.17, 15) is 0 Å². The molecule has 0 spiro atoms. The molecule has 0 amide bonds. The first-order valence-electron chi connectivity index (χ1n) is 19.8. The van der Waals surface area contributed by atoms with E-state index in [-0.39, 0.29) is 35.5 Å². The third-order valence-corrected chi connectivity index (χ3v) is 48.1. The van der Waals surface area contributed by atoms with Crippen molar-refractivity contribution in [3.05, 3.63) is 0 Å². The van der Waals surface area contributed by atoms with Crippen molar-refractivity contribution < 1.29 is 37.0 Å². The maximum atomic E-state index is 8.17. The molecular weight excluding hydrogens is 745 g/mol. The lowest BCUT2D eigenvalue weighted by Crippen LogP contribution is -2.94. The summed E-state index contributed by atoms with van der Waals surface area (Å²) in [5, 5.41) is -3.57. The first-order chi connectivity index (χ1) is 22.5. The lowest BCUT2D eigenvalue weighted by Gasteiger charge is -2.73. The fraction of sp³-hybridized carbons (Fsp3) is 1.00. The van der Waals surface area contributed by atoms with Crippen LogP contribution >= 0.6 is 0 Å². The Morgan fingerprint density at radius 2 is 0.294 bits per heavy atom. The van der Waals surface area contributed by atoms with Crippen molar-refractivity contribution in [2.45, 2.75) is 196 Å². The van der Waals surface area contributed by atoms with Crippen molar-refractivity contribution in [2.24, 2.45) is 35.5 Å². The van der Waals surface area contributed by atoms with Crippen LogP contribution in [0, 0.1) is 35.5 Å². The van der Waals surface area contributed by atoms with Gasteiger partial charge in [0, 0.05) is 30.2 Å². The molecule has 15 heteroatoms. The Morgan fingerprint density at radius 3 is 0.353 bits per heavy atom. The average molecular weight is 824 g/mol. The summed E-state index contributed by atoms with van der Waals surface area (Å²) in [6.45, 7) is 53.8. The topological polar surface area (TPSA) is 83.1 Å². The smallest absolute Gasteiger partial charge is 0.373 e. The van der Waals surface area contributed by atoms with Gasteiger partial charge in [0.25, 0.3) is 0 Å². The first-order valence-corrected chi connectivity index (χ1v) is 30.2. The molecule has 0 aromatic rings. The van der Waals surface area contributed by atoms with Gasteiger partial charge >= 0.3 is 52.8 Å². The monoisotopic (exact) mass is 822 g/mol. The summed E-state index contributed by atoms with van der Waals surface area (Å²) in [6, 6.07) is 0. The van der Waals surface area contributed by atoms with Crippen molar-refractivity contribution in [1.29, 1.82) is 0 Å². The average Bonchev–Trinajstić information content (AvgIpc) is 2.94. The van der Waals surface area contributed by atoms with Gasteiger partial charge in [-0.1, -0.05) is 166 Å². The van der Waals surface area contributed by atoms with Crippen molar-refractivity contribution in [1.82, 2.24) is 0 Å². The van der Waals surface area contributed by atoms with Crippen LogP contribution < -0.4 is 0 Å². The van der Waals surface area contributed by atoms with Crippen molar-refractivity contribution in [2.75, 3.05) is 0 Å². The van der Waals surface area contributed by atoms with E-state index in [0.29, 0.717) is 0 Å². The largest absolute Gasteiger partial charge is 0.485 e. The van der Waals surface area contributed by atoms with Gasteiger partial charge in [0.05, 0.1) is 0 Å². The van der Waals surface area contributed by atoms with Gasteiger partial charge < -0.3 is 37.0 Å². The molecule has 0 aromatic heterocycles. The van der Waals surface area contributed by atoms with Crippen LogP contribution in [0.4, 0.5) is 0 Å². The summed E-state index contributed by atoms with van der Waals surface area (Å²) in [5.74, 6) is 0.667. The molecule has 5 rings (SSSR count). The van der Waals surface area contributed by atoms with Crippen LogP contribution in [0.3, 0.4) is 0 Å². The van der Waals surface area contributed by atoms with Gasteiger partial charge in [0.1, 0.15) is 0 Å². The molecule has 9 nitrogen and oxygen atoms in total. The van der Waals surface area contributed by atoms with Gasteiger partial charge in [-0.15, -0.1) is 0 Å². The highest BCUT2D eigenvalue weighted by atomic mass is 28.6. The molecule has 300 valence electrons. The summed E-state index contributed by atoms with van der Waals surface area (Å²) in [7, 11) is -23.9. The number of hydrogen-bond donors (Lipinski definition) is 0. The van der Waals surface area contributed by atoms with Crippen LogP contribution in [0.25, 0.3) is 0 Å². The van der Waals surface area contributed by atoms with Crippen molar-refractivity contribution in [3.63, 3.8) is 0 Å². The zero-order valence-corrected chi connectivity index (χ0v) is 43.1. The molecule has 51 heavy (non-hydrogen) atoms. The minimum Gasteiger partial charge on any atom is -0.373 e. The molecule has 0 atom stereocenters. The fourth-order valence-corrected chi connectivity index (χ4v) is 52.1. The Morgan fingerprint density at radius 1 is 0.216 bits per heavy atom. The second kappa shape index (κ2) is 12.7. The van der Waals surface area contributed by atoms with E-state index < -0.39 is 83.1 Å². The molecule has 5 aliphatic heterocycles. The van der Waals surface area contributed by atoms with Gasteiger partial charge in [-0.3, -0.25) is 0 Å². The molecule has 0 aromatic carbocycles. The second-order valence-electron chi connectivity index (χ2n) is 21.5. The quantitative estimate of drug-likeness (QED) is 0.179. The molecule has 6 bridgehead atoms. The van der Waals surface area contributed by atoms with E-state index in [1.165, 1.54) is 0 Å². The SMILES string of the molecule is CC(C)C(C)(C)[Si]12O[Si]3(C(C)(C)C(C)C)O[Si](C(C)(C)C(C)C)(O1)O[Si]1(C(C)(C)C(C)C)O[Si](C(C)(C)C(C)C)(O[Si](C(C)(C)C(C)C)(O1)O3)O2. The first kappa shape index (κ1) is 44.7. The van der Waals surface area contributed by atoms with Crippen molar-refractivity contribution >= 4 is 52.8 Å². The Kier molecular flexibility index (Phi) is 11.1. The Balaban J connectivity index is 2.42. The number of rotatable bonds is 12. The maximum absolute atomic E-state index is 8.17. The minimum absolute atomic E-state index is 0.111. The van der Waals surface area contributed by atoms with E-state index >= 15 is 0 Å². The molecule has 0 N–H and O–H groups in total. The summed E-state index contributed by atoms with van der Waals surface area (Å²) in [4.78, 5) is 0. The van der Waals surface area contributed by atoms with Crippen LogP contribution in [0.15, 0.2) is 0 Å². The van der Waals surface area contributed by atoms with Crippen LogP contribution in [0.2, 0.25) is 30.2 Å². The lowest BCUT2D eigenvalue weighted by molar-refractivity contribution is -0.0793. The highest BCUT2D eigenvalue weighted by molar-refractivity contribution is 7.05. The van der Waals surface area contributed by atoms with Crippen LogP contribution in [-0.2, 0) is 37.0 Å². The Hall–Kier alpha value is 0.941. The Labute approximate surface area is 320 Å². The van der Waals surface area contributed by atoms with E-state index in [2.05, 4.69) is 166 Å². The Bertz CT molecular complexity index is 1060. The zero-order chi connectivity index (χ0) is 39.8. The summed E-state index contributed by atoms with van der Waals surface area (Å²) >= 11 is 0. The van der Waals surface area contributed by atoms with Gasteiger partial charge in [0.2, 0.25) is 0 Å². The molecule has 0 unspecified atom stereocenters. The standard InChI is InChI=1S/C36H78O9Si6/c1-25(2)31(13,14)46-37-47(32(15,16)26(3)4)39-48(38-46,33(17,18)27(5)6)45-51(36(23,24)30(11)12)41-49(43-46,34(19,20)28(7)8)40-50(42-51,44-47)35(21,22)29(9)10/h25-30H,1-24H3. The molecule has 5 heterocycles. The van der Waals surface area contributed by atoms with E-state index in [1.54, 1.807) is 0 Å². The zero-order valence-electron chi connectivity index (χ0n) is 37.1. The lowest BCUT2D eigenvalue weighted by atomic mass is 9.99. The summed E-state index contributed by atoms with van der Waals surface area (Å²) < 4.78 is 72.1. The fourth-order valence-electron chi connectivity index (χ4n) is 6.46. The molecule has 0 saturated carbocycles. The van der Waals surface area contributed by atoms with Gasteiger partial charge in [0.15, 0.2) is 0 Å². The van der Waals surface area contributed by atoms with E-state index in [0.717, 1.165) is 0 Å². The molecular formula is C36H78O9Si6. The van der Waals surface area contributed by atoms with Crippen LogP contribution in [0.5, 0.6) is 0 Å². The van der Waals surface area contributed by atoms with E-state index in [4.69, 9.17) is 37.0 Å². The second-order valence-corrected chi connectivity index (χ2v) is 43.3. The summed E-state index contributed by atoms with van der Waals surface area (Å²) in [5.41, 5.74) is 0. The van der Waals surface area contributed by atoms with Crippen molar-refractivity contribution in [3.8, 4) is 0 Å². The molecule has 5 aliphatic rings. The van der Waals surface area contributed by atoms with Gasteiger partial charge in [-0.25, -0.2) is 0 Å². The van der Waals surface area contributed by atoms with Crippen LogP contribution in [-0.4, -0.2) is 52.8 Å². The molecule has 0 radical (unpaired) electrons. The molecule has 5 saturated heterocycles. The molecule has 5 fully saturated rings. The highest BCUT2D eigenvalue weighted by Gasteiger charge is 2.92. The van der Waals surface area contributed by atoms with E-state index in [1.807, 2.05) is 0 Å². The minimum atomic E-state index is -3.98. The predicted molar refractivity (Wildman–Crippen MR) is 218 cm³/mol. The third kappa shape index (κ3) is 5.81. The van der Waals surface area contributed by atoms with Gasteiger partial charge in [-0.2, -0.15) is 0 Å². The maximum Gasteiger partial charge on any atom is 0.485 e. The predicted octanol–water partition coefficient (Wildman–Crippen LogP) is 11.4. The number of hydrogen-bond acceptors (Lipinski definition) is 9. The normalized spacial score (nSPS) is 37.1. The molecule has 0 aliphatic carbocycles. The van der Waals surface area contributed by atoms with Gasteiger partial charge in [-0.05, 0) is 35.5 Å². The van der Waals surface area contributed by atoms with Crippen LogP contribution in [0.1, 0.15) is 166 Å². The summed E-state index contributed by atoms with van der Waals surface area (Å²) in [6.07, 6.45) is 0. The highest BCUT2D eigenvalue weighted by Crippen LogP contribution is 2.71.